The Kier molecular flexibility index (Phi) is 3.19. The number of hydrogen-bond acceptors (Lipinski definition) is 1. The van der Waals surface area contributed by atoms with Crippen molar-refractivity contribution in [2.24, 2.45) is 5.92 Å². The molecule has 2 unspecified atom stereocenters. The van der Waals surface area contributed by atoms with E-state index < -0.39 is 0 Å². The Morgan fingerprint density at radius 3 is 2.65 bits per heavy atom. The van der Waals surface area contributed by atoms with Gasteiger partial charge in [-0.1, -0.05) is 31.2 Å². The highest BCUT2D eigenvalue weighted by atomic mass is 14.9. The van der Waals surface area contributed by atoms with E-state index in [0.717, 1.165) is 17.8 Å². The second-order valence-corrected chi connectivity index (χ2v) is 5.71. The van der Waals surface area contributed by atoms with Gasteiger partial charge in [0.15, 0.2) is 0 Å². The topological polar surface area (TPSA) is 12.0 Å². The molecule has 2 fully saturated rings. The van der Waals surface area contributed by atoms with E-state index in [-0.39, 0.29) is 0 Å². The predicted molar refractivity (Wildman–Crippen MR) is 72.4 cm³/mol. The lowest BCUT2D eigenvalue weighted by atomic mass is 9.98. The minimum Gasteiger partial charge on any atom is -0.316 e. The number of benzene rings is 1. The SMILES string of the molecule is CCCNCC1CC1c1ccccc1C1CC1. The van der Waals surface area contributed by atoms with Crippen molar-refractivity contribution in [1.82, 2.24) is 5.32 Å². The van der Waals surface area contributed by atoms with Crippen molar-refractivity contribution in [1.29, 1.82) is 0 Å². The Bertz CT molecular complexity index is 381. The van der Waals surface area contributed by atoms with Crippen molar-refractivity contribution in [2.45, 2.75) is 44.4 Å². The largest absolute Gasteiger partial charge is 0.316 e. The molecule has 17 heavy (non-hydrogen) atoms. The summed E-state index contributed by atoms with van der Waals surface area (Å²) >= 11 is 0. The van der Waals surface area contributed by atoms with Crippen LogP contribution in [0.1, 0.15) is 55.6 Å². The monoisotopic (exact) mass is 229 g/mol. The molecule has 2 aliphatic rings. The summed E-state index contributed by atoms with van der Waals surface area (Å²) in [5, 5.41) is 3.56. The summed E-state index contributed by atoms with van der Waals surface area (Å²) in [5.41, 5.74) is 3.33. The molecule has 2 atom stereocenters. The Morgan fingerprint density at radius 2 is 1.94 bits per heavy atom. The van der Waals surface area contributed by atoms with Crippen LogP contribution in [0.2, 0.25) is 0 Å². The molecule has 1 nitrogen and oxygen atoms in total. The predicted octanol–water partition coefficient (Wildman–Crippen LogP) is 3.67. The van der Waals surface area contributed by atoms with E-state index in [1.54, 1.807) is 11.1 Å². The van der Waals surface area contributed by atoms with E-state index in [4.69, 9.17) is 0 Å². The van der Waals surface area contributed by atoms with Crippen LogP contribution in [0.3, 0.4) is 0 Å². The van der Waals surface area contributed by atoms with E-state index in [1.165, 1.54) is 38.8 Å². The second-order valence-electron chi connectivity index (χ2n) is 5.71. The van der Waals surface area contributed by atoms with Gasteiger partial charge < -0.3 is 5.32 Å². The first kappa shape index (κ1) is 11.3. The Morgan fingerprint density at radius 1 is 1.18 bits per heavy atom. The highest BCUT2D eigenvalue weighted by Gasteiger charge is 2.40. The van der Waals surface area contributed by atoms with Crippen molar-refractivity contribution >= 4 is 0 Å². The van der Waals surface area contributed by atoms with E-state index in [2.05, 4.69) is 36.5 Å². The molecule has 0 saturated heterocycles. The zero-order valence-electron chi connectivity index (χ0n) is 10.8. The van der Waals surface area contributed by atoms with Crippen LogP contribution in [-0.4, -0.2) is 13.1 Å². The van der Waals surface area contributed by atoms with Gasteiger partial charge in [0.2, 0.25) is 0 Å². The van der Waals surface area contributed by atoms with Crippen LogP contribution in [0.5, 0.6) is 0 Å². The fourth-order valence-electron chi connectivity index (χ4n) is 2.93. The van der Waals surface area contributed by atoms with Crippen molar-refractivity contribution in [2.75, 3.05) is 13.1 Å². The van der Waals surface area contributed by atoms with Crippen LogP contribution in [0.25, 0.3) is 0 Å². The van der Waals surface area contributed by atoms with Crippen LogP contribution >= 0.6 is 0 Å². The first-order valence-corrected chi connectivity index (χ1v) is 7.19. The average molecular weight is 229 g/mol. The smallest absolute Gasteiger partial charge is 0.00144 e. The van der Waals surface area contributed by atoms with Gasteiger partial charge in [-0.3, -0.25) is 0 Å². The molecule has 0 heterocycles. The molecule has 1 heteroatoms. The fraction of sp³-hybridized carbons (Fsp3) is 0.625. The maximum absolute atomic E-state index is 3.56. The quantitative estimate of drug-likeness (QED) is 0.734. The van der Waals surface area contributed by atoms with Crippen molar-refractivity contribution in [3.8, 4) is 0 Å². The summed E-state index contributed by atoms with van der Waals surface area (Å²) in [7, 11) is 0. The molecule has 1 N–H and O–H groups in total. The Labute approximate surface area is 105 Å². The normalized spacial score (nSPS) is 27.1. The molecular formula is C16H23N. The molecule has 2 aliphatic carbocycles. The van der Waals surface area contributed by atoms with Gasteiger partial charge in [0.25, 0.3) is 0 Å². The van der Waals surface area contributed by atoms with E-state index in [0.29, 0.717) is 0 Å². The van der Waals surface area contributed by atoms with Gasteiger partial charge >= 0.3 is 0 Å². The van der Waals surface area contributed by atoms with E-state index in [9.17, 15) is 0 Å². The molecule has 3 rings (SSSR count). The third kappa shape index (κ3) is 2.55. The van der Waals surface area contributed by atoms with Crippen LogP contribution in [0.4, 0.5) is 0 Å². The molecule has 2 saturated carbocycles. The van der Waals surface area contributed by atoms with E-state index in [1.807, 2.05) is 0 Å². The fourth-order valence-corrected chi connectivity index (χ4v) is 2.93. The van der Waals surface area contributed by atoms with Gasteiger partial charge in [-0.25, -0.2) is 0 Å². The Balaban J connectivity index is 1.62. The molecule has 0 spiro atoms. The third-order valence-corrected chi connectivity index (χ3v) is 4.17. The third-order valence-electron chi connectivity index (χ3n) is 4.17. The van der Waals surface area contributed by atoms with E-state index >= 15 is 0 Å². The van der Waals surface area contributed by atoms with Gasteiger partial charge in [0, 0.05) is 0 Å². The molecule has 0 aromatic heterocycles. The van der Waals surface area contributed by atoms with Gasteiger partial charge in [0.1, 0.15) is 0 Å². The van der Waals surface area contributed by atoms with Crippen LogP contribution < -0.4 is 5.32 Å². The molecule has 0 bridgehead atoms. The standard InChI is InChI=1S/C16H23N/c1-2-9-17-11-13-10-16(13)15-6-4-3-5-14(15)12-7-8-12/h3-6,12-13,16-17H,2,7-11H2,1H3. The minimum atomic E-state index is 0.858. The summed E-state index contributed by atoms with van der Waals surface area (Å²) in [6.45, 7) is 4.63. The molecule has 92 valence electrons. The molecule has 1 aromatic carbocycles. The number of hydrogen-bond donors (Lipinski definition) is 1. The van der Waals surface area contributed by atoms with Crippen molar-refractivity contribution in [3.05, 3.63) is 35.4 Å². The first-order valence-electron chi connectivity index (χ1n) is 7.19. The highest BCUT2D eigenvalue weighted by Crippen LogP contribution is 2.52. The lowest BCUT2D eigenvalue weighted by Gasteiger charge is -2.08. The molecule has 0 aliphatic heterocycles. The molecular weight excluding hydrogens is 206 g/mol. The number of nitrogens with one attached hydrogen (secondary N) is 1. The van der Waals surface area contributed by atoms with Crippen LogP contribution in [0.15, 0.2) is 24.3 Å². The molecule has 1 aromatic rings. The number of rotatable bonds is 6. The second kappa shape index (κ2) is 4.81. The average Bonchev–Trinajstić information content (AvgIpc) is 3.24. The maximum Gasteiger partial charge on any atom is -0.00144 e. The van der Waals surface area contributed by atoms with Crippen LogP contribution in [-0.2, 0) is 0 Å². The molecule has 0 radical (unpaired) electrons. The summed E-state index contributed by atoms with van der Waals surface area (Å²) < 4.78 is 0. The summed E-state index contributed by atoms with van der Waals surface area (Å²) in [4.78, 5) is 0. The summed E-state index contributed by atoms with van der Waals surface area (Å²) in [6.07, 6.45) is 5.49. The zero-order chi connectivity index (χ0) is 11.7. The van der Waals surface area contributed by atoms with Gasteiger partial charge in [0.05, 0.1) is 0 Å². The first-order chi connectivity index (χ1) is 8.40. The lowest BCUT2D eigenvalue weighted by molar-refractivity contribution is 0.619. The van der Waals surface area contributed by atoms with Gasteiger partial charge in [-0.05, 0) is 67.7 Å². The summed E-state index contributed by atoms with van der Waals surface area (Å²) in [5.74, 6) is 2.66. The van der Waals surface area contributed by atoms with Crippen molar-refractivity contribution in [3.63, 3.8) is 0 Å². The Hall–Kier alpha value is -0.820. The van der Waals surface area contributed by atoms with Crippen molar-refractivity contribution < 1.29 is 0 Å². The van der Waals surface area contributed by atoms with Crippen LogP contribution in [0, 0.1) is 5.92 Å². The maximum atomic E-state index is 3.56. The minimum absolute atomic E-state index is 0.858. The summed E-state index contributed by atoms with van der Waals surface area (Å²) in [6, 6.07) is 9.17. The highest BCUT2D eigenvalue weighted by molar-refractivity contribution is 5.39. The molecule has 0 amide bonds. The zero-order valence-corrected chi connectivity index (χ0v) is 10.8. The lowest BCUT2D eigenvalue weighted by Crippen LogP contribution is -2.18. The van der Waals surface area contributed by atoms with Gasteiger partial charge in [-0.2, -0.15) is 0 Å². The van der Waals surface area contributed by atoms with Gasteiger partial charge in [-0.15, -0.1) is 0 Å².